The van der Waals surface area contributed by atoms with Gasteiger partial charge in [0.2, 0.25) is 0 Å². The molecule has 0 saturated heterocycles. The van der Waals surface area contributed by atoms with Crippen molar-refractivity contribution in [2.45, 2.75) is 4.90 Å². The molecule has 1 amide bonds. The minimum atomic E-state index is -4.34. The third kappa shape index (κ3) is 5.27. The smallest absolute Gasteiger partial charge is 0.294 e. The standard InChI is InChI=1S/C16H11ClN4O6S/c17-14-6-3-12(21(23)24)7-15(14)20-16(22)10(8-18)9-19-11-1-4-13(5-2-11)28(25,26)27/h1-7,9,19H,(H,20,22)(H,25,26,27)/b10-9-. The summed E-state index contributed by atoms with van der Waals surface area (Å²) in [6, 6.07) is 9.98. The number of nitrogens with one attached hydrogen (secondary N) is 2. The largest absolute Gasteiger partial charge is 0.360 e. The Morgan fingerprint density at radius 1 is 1.25 bits per heavy atom. The van der Waals surface area contributed by atoms with Crippen LogP contribution in [-0.4, -0.2) is 23.8 Å². The van der Waals surface area contributed by atoms with Gasteiger partial charge in [-0.05, 0) is 30.3 Å². The fourth-order valence-electron chi connectivity index (χ4n) is 1.94. The Balaban J connectivity index is 2.16. The van der Waals surface area contributed by atoms with Crippen LogP contribution in [0.3, 0.4) is 0 Å². The van der Waals surface area contributed by atoms with E-state index in [9.17, 15) is 23.3 Å². The van der Waals surface area contributed by atoms with E-state index in [0.29, 0.717) is 5.69 Å². The monoisotopic (exact) mass is 422 g/mol. The van der Waals surface area contributed by atoms with Crippen molar-refractivity contribution in [2.24, 2.45) is 0 Å². The minimum Gasteiger partial charge on any atom is -0.360 e. The molecule has 0 aliphatic heterocycles. The van der Waals surface area contributed by atoms with Crippen molar-refractivity contribution >= 4 is 44.7 Å². The number of halogens is 1. The van der Waals surface area contributed by atoms with Gasteiger partial charge >= 0.3 is 0 Å². The fourth-order valence-corrected chi connectivity index (χ4v) is 2.58. The van der Waals surface area contributed by atoms with E-state index in [1.54, 1.807) is 6.07 Å². The van der Waals surface area contributed by atoms with Crippen LogP contribution in [0.2, 0.25) is 5.02 Å². The van der Waals surface area contributed by atoms with Crippen LogP contribution >= 0.6 is 11.6 Å². The third-order valence-corrected chi connectivity index (χ3v) is 4.51. The van der Waals surface area contributed by atoms with Crippen molar-refractivity contribution in [1.29, 1.82) is 5.26 Å². The van der Waals surface area contributed by atoms with Gasteiger partial charge in [0, 0.05) is 24.0 Å². The van der Waals surface area contributed by atoms with Gasteiger partial charge in [-0.3, -0.25) is 19.5 Å². The van der Waals surface area contributed by atoms with Crippen molar-refractivity contribution in [1.82, 2.24) is 0 Å². The molecule has 28 heavy (non-hydrogen) atoms. The Bertz CT molecular complexity index is 1110. The number of non-ortho nitro benzene ring substituents is 1. The third-order valence-electron chi connectivity index (χ3n) is 3.31. The van der Waals surface area contributed by atoms with Gasteiger partial charge in [-0.15, -0.1) is 0 Å². The molecule has 2 aromatic carbocycles. The minimum absolute atomic E-state index is 0.0421. The van der Waals surface area contributed by atoms with Crippen molar-refractivity contribution < 1.29 is 22.7 Å². The van der Waals surface area contributed by atoms with Gasteiger partial charge in [0.1, 0.15) is 11.6 Å². The number of carbonyl (C=O) groups excluding carboxylic acids is 1. The predicted molar refractivity (Wildman–Crippen MR) is 100 cm³/mol. The molecule has 3 N–H and O–H groups in total. The zero-order valence-corrected chi connectivity index (χ0v) is 15.4. The maximum absolute atomic E-state index is 12.2. The van der Waals surface area contributed by atoms with E-state index in [4.69, 9.17) is 21.4 Å². The average Bonchev–Trinajstić information content (AvgIpc) is 2.63. The summed E-state index contributed by atoms with van der Waals surface area (Å²) in [6.07, 6.45) is 1.06. The van der Waals surface area contributed by atoms with Gasteiger partial charge in [0.15, 0.2) is 0 Å². The van der Waals surface area contributed by atoms with E-state index < -0.39 is 20.9 Å². The molecule has 0 spiro atoms. The molecule has 0 fully saturated rings. The SMILES string of the molecule is N#C/C(=C/Nc1ccc(S(=O)(=O)O)cc1)C(=O)Nc1cc([N+](=O)[O-])ccc1Cl. The molecule has 0 aromatic heterocycles. The number of nitro benzene ring substituents is 1. The first-order chi connectivity index (χ1) is 13.1. The molecule has 10 nitrogen and oxygen atoms in total. The Morgan fingerprint density at radius 2 is 1.89 bits per heavy atom. The highest BCUT2D eigenvalue weighted by Crippen LogP contribution is 2.27. The molecule has 0 atom stereocenters. The lowest BCUT2D eigenvalue weighted by Crippen LogP contribution is -2.15. The highest BCUT2D eigenvalue weighted by molar-refractivity contribution is 7.85. The zero-order valence-electron chi connectivity index (χ0n) is 13.8. The Labute approximate surface area is 163 Å². The molecular formula is C16H11ClN4O6S. The highest BCUT2D eigenvalue weighted by atomic mass is 35.5. The lowest BCUT2D eigenvalue weighted by atomic mass is 10.2. The van der Waals surface area contributed by atoms with Crippen LogP contribution in [0.25, 0.3) is 0 Å². The summed E-state index contributed by atoms with van der Waals surface area (Å²) in [4.78, 5) is 22.0. The number of nitro groups is 1. The van der Waals surface area contributed by atoms with E-state index in [1.807, 2.05) is 0 Å². The number of nitrogens with zero attached hydrogens (tertiary/aromatic N) is 2. The van der Waals surface area contributed by atoms with Gasteiger partial charge in [0.05, 0.1) is 20.5 Å². The number of anilines is 2. The van der Waals surface area contributed by atoms with Gasteiger partial charge in [-0.2, -0.15) is 13.7 Å². The molecule has 12 heteroatoms. The van der Waals surface area contributed by atoms with Crippen molar-refractivity contribution in [3.63, 3.8) is 0 Å². The first kappa shape index (κ1) is 20.8. The second-order valence-corrected chi connectivity index (χ2v) is 7.02. The number of benzene rings is 2. The van der Waals surface area contributed by atoms with Gasteiger partial charge < -0.3 is 10.6 Å². The molecule has 0 aliphatic rings. The molecular weight excluding hydrogens is 412 g/mol. The molecule has 144 valence electrons. The number of hydrogen-bond donors (Lipinski definition) is 3. The average molecular weight is 423 g/mol. The van der Waals surface area contributed by atoms with E-state index in [1.165, 1.54) is 18.2 Å². The van der Waals surface area contributed by atoms with Crippen LogP contribution in [0.4, 0.5) is 17.1 Å². The van der Waals surface area contributed by atoms with Crippen LogP contribution in [0.15, 0.2) is 59.1 Å². The van der Waals surface area contributed by atoms with Gasteiger partial charge in [-0.1, -0.05) is 11.6 Å². The van der Waals surface area contributed by atoms with Crippen molar-refractivity contribution in [3.05, 3.63) is 69.4 Å². The van der Waals surface area contributed by atoms with Gasteiger partial charge in [0.25, 0.3) is 21.7 Å². The van der Waals surface area contributed by atoms with Crippen LogP contribution in [0.5, 0.6) is 0 Å². The molecule has 2 aromatic rings. The Kier molecular flexibility index (Phi) is 6.32. The summed E-state index contributed by atoms with van der Waals surface area (Å²) in [5, 5.41) is 24.9. The van der Waals surface area contributed by atoms with Crippen LogP contribution in [-0.2, 0) is 14.9 Å². The fraction of sp³-hybridized carbons (Fsp3) is 0. The van der Waals surface area contributed by atoms with Crippen LogP contribution in [0, 0.1) is 21.4 Å². The first-order valence-electron chi connectivity index (χ1n) is 7.31. The molecule has 0 aliphatic carbocycles. The lowest BCUT2D eigenvalue weighted by Gasteiger charge is -2.07. The summed E-state index contributed by atoms with van der Waals surface area (Å²) < 4.78 is 30.9. The molecule has 0 unspecified atom stereocenters. The molecule has 0 bridgehead atoms. The van der Waals surface area contributed by atoms with Crippen molar-refractivity contribution in [3.8, 4) is 6.07 Å². The summed E-state index contributed by atoms with van der Waals surface area (Å²) >= 11 is 5.89. The maximum atomic E-state index is 12.2. The number of carbonyl (C=O) groups is 1. The van der Waals surface area contributed by atoms with Crippen LogP contribution < -0.4 is 10.6 Å². The second kappa shape index (κ2) is 8.49. The normalized spacial score (nSPS) is 11.4. The molecule has 2 rings (SSSR count). The summed E-state index contributed by atoms with van der Waals surface area (Å²) in [5.41, 5.74) is -0.374. The molecule has 0 saturated carbocycles. The van der Waals surface area contributed by atoms with E-state index in [-0.39, 0.29) is 26.9 Å². The van der Waals surface area contributed by atoms with Gasteiger partial charge in [-0.25, -0.2) is 0 Å². The van der Waals surface area contributed by atoms with Crippen LogP contribution in [0.1, 0.15) is 0 Å². The topological polar surface area (TPSA) is 162 Å². The second-order valence-electron chi connectivity index (χ2n) is 5.19. The number of hydrogen-bond acceptors (Lipinski definition) is 7. The Hall–Kier alpha value is -3.46. The molecule has 0 heterocycles. The first-order valence-corrected chi connectivity index (χ1v) is 9.13. The lowest BCUT2D eigenvalue weighted by molar-refractivity contribution is -0.384. The summed E-state index contributed by atoms with van der Waals surface area (Å²) in [5.74, 6) is -0.869. The van der Waals surface area contributed by atoms with E-state index in [0.717, 1.165) is 30.5 Å². The van der Waals surface area contributed by atoms with Crippen molar-refractivity contribution in [2.75, 3.05) is 10.6 Å². The molecule has 0 radical (unpaired) electrons. The van der Waals surface area contributed by atoms with E-state index in [2.05, 4.69) is 10.6 Å². The Morgan fingerprint density at radius 3 is 2.43 bits per heavy atom. The summed E-state index contributed by atoms with van der Waals surface area (Å²) in [7, 11) is -4.34. The highest BCUT2D eigenvalue weighted by Gasteiger charge is 2.15. The number of rotatable bonds is 6. The number of nitriles is 1. The quantitative estimate of drug-likeness (QED) is 0.210. The predicted octanol–water partition coefficient (Wildman–Crippen LogP) is 2.95. The maximum Gasteiger partial charge on any atom is 0.294 e. The number of amides is 1. The summed E-state index contributed by atoms with van der Waals surface area (Å²) in [6.45, 7) is 0. The van der Waals surface area contributed by atoms with E-state index >= 15 is 0 Å². The zero-order chi connectivity index (χ0) is 20.9.